The van der Waals surface area contributed by atoms with Crippen LogP contribution in [0.5, 0.6) is 11.5 Å². The van der Waals surface area contributed by atoms with Crippen LogP contribution in [-0.4, -0.2) is 41.3 Å². The molecular formula is C22H23N3O5S2. The Morgan fingerprint density at radius 2 is 1.88 bits per heavy atom. The second-order valence-electron chi connectivity index (χ2n) is 7.62. The van der Waals surface area contributed by atoms with Gasteiger partial charge in [0, 0.05) is 12.1 Å². The number of rotatable bonds is 8. The summed E-state index contributed by atoms with van der Waals surface area (Å²) in [6, 6.07) is 16.6. The number of nitrogens with zero attached hydrogens (tertiary/aromatic N) is 2. The van der Waals surface area contributed by atoms with Gasteiger partial charge in [-0.3, -0.25) is 4.79 Å². The van der Waals surface area contributed by atoms with E-state index >= 15 is 0 Å². The molecule has 0 radical (unpaired) electrons. The minimum atomic E-state index is -2.94. The molecule has 1 N–H and O–H groups in total. The van der Waals surface area contributed by atoms with Gasteiger partial charge in [0.1, 0.15) is 11.5 Å². The van der Waals surface area contributed by atoms with Crippen molar-refractivity contribution >= 4 is 33.2 Å². The van der Waals surface area contributed by atoms with Crippen LogP contribution >= 0.6 is 11.8 Å². The first-order valence-corrected chi connectivity index (χ1v) is 12.9. The molecule has 1 aliphatic heterocycles. The van der Waals surface area contributed by atoms with Crippen molar-refractivity contribution in [2.75, 3.05) is 16.8 Å². The molecule has 168 valence electrons. The predicted octanol–water partition coefficient (Wildman–Crippen LogP) is 3.96. The first kappa shape index (κ1) is 22.3. The average molecular weight is 474 g/mol. The topological polar surface area (TPSA) is 111 Å². The standard InChI is InChI=1S/C22H23N3O5S2/c1-15(31-22-25-24-20(30-22)13-16-11-12-32(27,28)14-16)21(26)23-17-7-9-19(10-8-17)29-18-5-3-2-4-6-18/h2-10,15-16H,11-14H2,1H3,(H,23,26)/t15-,16-/m0/s1. The number of hydrogen-bond donors (Lipinski definition) is 1. The molecule has 0 unspecified atom stereocenters. The van der Waals surface area contributed by atoms with Crippen molar-refractivity contribution in [3.05, 3.63) is 60.5 Å². The van der Waals surface area contributed by atoms with E-state index in [0.29, 0.717) is 30.2 Å². The number of benzene rings is 2. The number of para-hydroxylation sites is 1. The summed E-state index contributed by atoms with van der Waals surface area (Å²) in [5.41, 5.74) is 0.650. The molecule has 8 nitrogen and oxygen atoms in total. The van der Waals surface area contributed by atoms with E-state index in [0.717, 1.165) is 17.5 Å². The number of anilines is 1. The van der Waals surface area contributed by atoms with E-state index in [9.17, 15) is 13.2 Å². The Kier molecular flexibility index (Phi) is 6.80. The van der Waals surface area contributed by atoms with Gasteiger partial charge >= 0.3 is 0 Å². The fraction of sp³-hybridized carbons (Fsp3) is 0.318. The molecular weight excluding hydrogens is 450 g/mol. The lowest BCUT2D eigenvalue weighted by Gasteiger charge is -2.11. The third-order valence-electron chi connectivity index (χ3n) is 4.99. The Balaban J connectivity index is 1.27. The van der Waals surface area contributed by atoms with Crippen molar-refractivity contribution < 1.29 is 22.4 Å². The van der Waals surface area contributed by atoms with E-state index < -0.39 is 15.1 Å². The Bertz CT molecular complexity index is 1160. The van der Waals surface area contributed by atoms with E-state index in [1.54, 1.807) is 31.2 Å². The van der Waals surface area contributed by atoms with E-state index in [1.807, 2.05) is 30.3 Å². The van der Waals surface area contributed by atoms with Crippen molar-refractivity contribution in [2.24, 2.45) is 5.92 Å². The Hall–Kier alpha value is -2.85. The normalized spacial score (nSPS) is 18.2. The molecule has 0 spiro atoms. The molecule has 2 aromatic carbocycles. The van der Waals surface area contributed by atoms with Gasteiger partial charge in [0.05, 0.1) is 16.8 Å². The first-order chi connectivity index (χ1) is 15.4. The largest absolute Gasteiger partial charge is 0.457 e. The van der Waals surface area contributed by atoms with Gasteiger partial charge in [-0.25, -0.2) is 8.42 Å². The highest BCUT2D eigenvalue weighted by molar-refractivity contribution is 8.00. The minimum absolute atomic E-state index is 0.00728. The van der Waals surface area contributed by atoms with Crippen LogP contribution in [0.1, 0.15) is 19.2 Å². The smallest absolute Gasteiger partial charge is 0.277 e. The Labute approximate surface area is 190 Å². The maximum atomic E-state index is 12.5. The second kappa shape index (κ2) is 9.74. The number of nitrogens with one attached hydrogen (secondary N) is 1. The van der Waals surface area contributed by atoms with Crippen LogP contribution in [0, 0.1) is 5.92 Å². The van der Waals surface area contributed by atoms with Crippen molar-refractivity contribution in [3.63, 3.8) is 0 Å². The first-order valence-electron chi connectivity index (χ1n) is 10.2. The van der Waals surface area contributed by atoms with Crippen LogP contribution < -0.4 is 10.1 Å². The molecule has 1 amide bonds. The van der Waals surface area contributed by atoms with E-state index in [-0.39, 0.29) is 28.6 Å². The minimum Gasteiger partial charge on any atom is -0.457 e. The number of sulfone groups is 1. The number of aromatic nitrogens is 2. The lowest BCUT2D eigenvalue weighted by molar-refractivity contribution is -0.115. The Morgan fingerprint density at radius 1 is 1.16 bits per heavy atom. The van der Waals surface area contributed by atoms with Gasteiger partial charge < -0.3 is 14.5 Å². The van der Waals surface area contributed by atoms with Crippen molar-refractivity contribution in [3.8, 4) is 11.5 Å². The van der Waals surface area contributed by atoms with Crippen LogP contribution in [0.25, 0.3) is 0 Å². The molecule has 32 heavy (non-hydrogen) atoms. The molecule has 1 saturated heterocycles. The summed E-state index contributed by atoms with van der Waals surface area (Å²) in [4.78, 5) is 12.5. The van der Waals surface area contributed by atoms with Gasteiger partial charge in [-0.15, -0.1) is 10.2 Å². The van der Waals surface area contributed by atoms with E-state index in [1.165, 1.54) is 0 Å². The Morgan fingerprint density at radius 3 is 2.56 bits per heavy atom. The van der Waals surface area contributed by atoms with Gasteiger partial charge in [0.25, 0.3) is 5.22 Å². The van der Waals surface area contributed by atoms with Crippen LogP contribution in [-0.2, 0) is 21.1 Å². The van der Waals surface area contributed by atoms with Crippen LogP contribution in [0.15, 0.2) is 64.2 Å². The van der Waals surface area contributed by atoms with E-state index in [2.05, 4.69) is 15.5 Å². The number of amides is 1. The van der Waals surface area contributed by atoms with Crippen molar-refractivity contribution in [1.82, 2.24) is 10.2 Å². The second-order valence-corrected chi connectivity index (χ2v) is 11.1. The van der Waals surface area contributed by atoms with Gasteiger partial charge in [-0.2, -0.15) is 0 Å². The number of carbonyl (C=O) groups is 1. The highest BCUT2D eigenvalue weighted by Crippen LogP contribution is 2.27. The molecule has 0 bridgehead atoms. The molecule has 1 fully saturated rings. The molecule has 3 aromatic rings. The zero-order chi connectivity index (χ0) is 22.6. The predicted molar refractivity (Wildman–Crippen MR) is 122 cm³/mol. The van der Waals surface area contributed by atoms with Gasteiger partial charge in [-0.1, -0.05) is 30.0 Å². The number of ether oxygens (including phenoxy) is 1. The number of hydrogen-bond acceptors (Lipinski definition) is 8. The number of thioether (sulfide) groups is 1. The highest BCUT2D eigenvalue weighted by Gasteiger charge is 2.29. The lowest BCUT2D eigenvalue weighted by atomic mass is 10.1. The zero-order valence-electron chi connectivity index (χ0n) is 17.4. The summed E-state index contributed by atoms with van der Waals surface area (Å²) in [6.07, 6.45) is 1.05. The maximum Gasteiger partial charge on any atom is 0.277 e. The molecule has 1 aliphatic rings. The van der Waals surface area contributed by atoms with Crippen LogP contribution in [0.4, 0.5) is 5.69 Å². The molecule has 10 heteroatoms. The molecule has 4 rings (SSSR count). The highest BCUT2D eigenvalue weighted by atomic mass is 32.2. The summed E-state index contributed by atoms with van der Waals surface area (Å²) >= 11 is 1.16. The third-order valence-corrected chi connectivity index (χ3v) is 7.76. The fourth-order valence-electron chi connectivity index (χ4n) is 3.33. The monoisotopic (exact) mass is 473 g/mol. The summed E-state index contributed by atoms with van der Waals surface area (Å²) in [5, 5.41) is 10.6. The van der Waals surface area contributed by atoms with Crippen LogP contribution in [0.3, 0.4) is 0 Å². The average Bonchev–Trinajstić information content (AvgIpc) is 3.35. The third kappa shape index (κ3) is 6.10. The maximum absolute atomic E-state index is 12.5. The lowest BCUT2D eigenvalue weighted by Crippen LogP contribution is -2.22. The quantitative estimate of drug-likeness (QED) is 0.490. The summed E-state index contributed by atoms with van der Waals surface area (Å²) in [5.74, 6) is 1.99. The van der Waals surface area contributed by atoms with E-state index in [4.69, 9.17) is 9.15 Å². The molecule has 0 aliphatic carbocycles. The van der Waals surface area contributed by atoms with Gasteiger partial charge in [0.2, 0.25) is 11.8 Å². The number of carbonyl (C=O) groups excluding carboxylic acids is 1. The summed E-state index contributed by atoms with van der Waals surface area (Å²) in [6.45, 7) is 1.75. The SMILES string of the molecule is C[C@H](Sc1nnc(C[C@@H]2CCS(=O)(=O)C2)o1)C(=O)Nc1ccc(Oc2ccccc2)cc1. The van der Waals surface area contributed by atoms with Crippen LogP contribution in [0.2, 0.25) is 0 Å². The van der Waals surface area contributed by atoms with Gasteiger partial charge in [-0.05, 0) is 55.7 Å². The molecule has 2 heterocycles. The van der Waals surface area contributed by atoms with Crippen molar-refractivity contribution in [1.29, 1.82) is 0 Å². The summed E-state index contributed by atoms with van der Waals surface area (Å²) < 4.78 is 34.5. The van der Waals surface area contributed by atoms with Crippen molar-refractivity contribution in [2.45, 2.75) is 30.2 Å². The molecule has 2 atom stereocenters. The molecule has 0 saturated carbocycles. The fourth-order valence-corrected chi connectivity index (χ4v) is 5.89. The zero-order valence-corrected chi connectivity index (χ0v) is 19.1. The van der Waals surface area contributed by atoms with Gasteiger partial charge in [0.15, 0.2) is 9.84 Å². The summed E-state index contributed by atoms with van der Waals surface area (Å²) in [7, 11) is -2.94. The molecule has 1 aromatic heterocycles.